The standard InChI is InChI=1S/C19H23N5OS/c1-3-14-7-9-15(10-8-14)18(16-6-5-11-26-16)22-19(25)20-12-17-23-21-13-24(17)4-2/h5-11,13,18H,3-4,12H2,1-2H3,(H2,20,22,25)/t18-/m1/s1. The Balaban J connectivity index is 1.70. The lowest BCUT2D eigenvalue weighted by molar-refractivity contribution is 0.238. The van der Waals surface area contributed by atoms with Crippen LogP contribution in [0.2, 0.25) is 0 Å². The molecule has 2 heterocycles. The Hall–Kier alpha value is -2.67. The van der Waals surface area contributed by atoms with Gasteiger partial charge in [-0.05, 0) is 35.9 Å². The number of carbonyl (C=O) groups excluding carboxylic acids is 1. The van der Waals surface area contributed by atoms with E-state index in [2.05, 4.69) is 52.0 Å². The molecule has 0 aliphatic carbocycles. The first kappa shape index (κ1) is 18.1. The van der Waals surface area contributed by atoms with Crippen molar-refractivity contribution in [3.8, 4) is 0 Å². The van der Waals surface area contributed by atoms with Gasteiger partial charge in [0.05, 0.1) is 12.6 Å². The smallest absolute Gasteiger partial charge is 0.315 e. The summed E-state index contributed by atoms with van der Waals surface area (Å²) in [5.74, 6) is 0.739. The van der Waals surface area contributed by atoms with E-state index in [1.807, 2.05) is 29.0 Å². The Morgan fingerprint density at radius 3 is 2.69 bits per heavy atom. The molecule has 0 saturated carbocycles. The second-order valence-corrected chi connectivity index (χ2v) is 6.88. The normalized spacial score (nSPS) is 11.9. The number of amides is 2. The van der Waals surface area contributed by atoms with Gasteiger partial charge in [-0.25, -0.2) is 4.79 Å². The number of thiophene rings is 1. The second kappa shape index (κ2) is 8.62. The van der Waals surface area contributed by atoms with Crippen molar-refractivity contribution in [2.45, 2.75) is 39.4 Å². The van der Waals surface area contributed by atoms with Crippen molar-refractivity contribution < 1.29 is 4.79 Å². The molecule has 0 radical (unpaired) electrons. The summed E-state index contributed by atoms with van der Waals surface area (Å²) in [7, 11) is 0. The lowest BCUT2D eigenvalue weighted by atomic mass is 10.0. The lowest BCUT2D eigenvalue weighted by Crippen LogP contribution is -2.38. The van der Waals surface area contributed by atoms with E-state index in [0.29, 0.717) is 6.54 Å². The van der Waals surface area contributed by atoms with Gasteiger partial charge in [-0.2, -0.15) is 0 Å². The third-order valence-corrected chi connectivity index (χ3v) is 5.21. The fourth-order valence-corrected chi connectivity index (χ4v) is 3.54. The molecule has 0 spiro atoms. The number of benzene rings is 1. The first-order valence-electron chi connectivity index (χ1n) is 8.74. The molecule has 0 fully saturated rings. The topological polar surface area (TPSA) is 71.8 Å². The summed E-state index contributed by atoms with van der Waals surface area (Å²) in [4.78, 5) is 13.6. The first-order valence-corrected chi connectivity index (χ1v) is 9.62. The van der Waals surface area contributed by atoms with E-state index in [9.17, 15) is 4.79 Å². The van der Waals surface area contributed by atoms with Gasteiger partial charge in [0.2, 0.25) is 0 Å². The number of nitrogens with one attached hydrogen (secondary N) is 2. The molecule has 3 aromatic rings. The van der Waals surface area contributed by atoms with Gasteiger partial charge in [0.25, 0.3) is 0 Å². The predicted molar refractivity (Wildman–Crippen MR) is 103 cm³/mol. The largest absolute Gasteiger partial charge is 0.331 e. The van der Waals surface area contributed by atoms with E-state index in [1.165, 1.54) is 5.56 Å². The minimum absolute atomic E-state index is 0.176. The Labute approximate surface area is 157 Å². The zero-order chi connectivity index (χ0) is 18.4. The summed E-state index contributed by atoms with van der Waals surface area (Å²) in [6.07, 6.45) is 2.66. The van der Waals surface area contributed by atoms with Crippen molar-refractivity contribution in [2.24, 2.45) is 0 Å². The molecular weight excluding hydrogens is 346 g/mol. The fraction of sp³-hybridized carbons (Fsp3) is 0.316. The molecule has 136 valence electrons. The molecule has 0 saturated heterocycles. The van der Waals surface area contributed by atoms with Crippen LogP contribution in [0.4, 0.5) is 4.79 Å². The number of aromatic nitrogens is 3. The highest BCUT2D eigenvalue weighted by molar-refractivity contribution is 7.10. The highest BCUT2D eigenvalue weighted by Crippen LogP contribution is 2.26. The van der Waals surface area contributed by atoms with Crippen LogP contribution in [0.1, 0.15) is 41.7 Å². The van der Waals surface area contributed by atoms with Crippen LogP contribution < -0.4 is 10.6 Å². The van der Waals surface area contributed by atoms with Crippen molar-refractivity contribution in [1.82, 2.24) is 25.4 Å². The molecule has 2 amide bonds. The summed E-state index contributed by atoms with van der Waals surface area (Å²) < 4.78 is 1.90. The average molecular weight is 369 g/mol. The molecule has 0 aliphatic heterocycles. The van der Waals surface area contributed by atoms with Crippen LogP contribution in [0.15, 0.2) is 48.1 Å². The molecule has 3 rings (SSSR count). The molecular formula is C19H23N5OS. The van der Waals surface area contributed by atoms with E-state index >= 15 is 0 Å². The Bertz CT molecular complexity index is 826. The Morgan fingerprint density at radius 2 is 2.04 bits per heavy atom. The molecule has 26 heavy (non-hydrogen) atoms. The Morgan fingerprint density at radius 1 is 1.23 bits per heavy atom. The first-order chi connectivity index (χ1) is 12.7. The molecule has 0 bridgehead atoms. The fourth-order valence-electron chi connectivity index (χ4n) is 2.74. The van der Waals surface area contributed by atoms with Crippen molar-refractivity contribution in [3.05, 3.63) is 69.9 Å². The third kappa shape index (κ3) is 4.29. The van der Waals surface area contributed by atoms with Crippen molar-refractivity contribution >= 4 is 17.4 Å². The van der Waals surface area contributed by atoms with Crippen LogP contribution in [0.25, 0.3) is 0 Å². The zero-order valence-electron chi connectivity index (χ0n) is 15.0. The molecule has 0 aliphatic rings. The van der Waals surface area contributed by atoms with Gasteiger partial charge in [0, 0.05) is 11.4 Å². The van der Waals surface area contributed by atoms with Crippen molar-refractivity contribution in [3.63, 3.8) is 0 Å². The molecule has 2 aromatic heterocycles. The van der Waals surface area contributed by atoms with Crippen LogP contribution >= 0.6 is 11.3 Å². The zero-order valence-corrected chi connectivity index (χ0v) is 15.8. The van der Waals surface area contributed by atoms with Gasteiger partial charge >= 0.3 is 6.03 Å². The molecule has 1 atom stereocenters. The maximum atomic E-state index is 12.5. The van der Waals surface area contributed by atoms with E-state index < -0.39 is 0 Å². The molecule has 6 nitrogen and oxygen atoms in total. The van der Waals surface area contributed by atoms with Gasteiger partial charge < -0.3 is 15.2 Å². The highest BCUT2D eigenvalue weighted by Gasteiger charge is 2.18. The van der Waals surface area contributed by atoms with Gasteiger partial charge in [-0.1, -0.05) is 37.3 Å². The van der Waals surface area contributed by atoms with Crippen LogP contribution in [0.5, 0.6) is 0 Å². The number of aryl methyl sites for hydroxylation is 2. The average Bonchev–Trinajstić information content (AvgIpc) is 3.36. The molecule has 1 aromatic carbocycles. The molecule has 0 unspecified atom stereocenters. The maximum absolute atomic E-state index is 12.5. The van der Waals surface area contributed by atoms with Gasteiger partial charge in [-0.3, -0.25) is 0 Å². The highest BCUT2D eigenvalue weighted by atomic mass is 32.1. The van der Waals surface area contributed by atoms with Crippen LogP contribution in [0.3, 0.4) is 0 Å². The second-order valence-electron chi connectivity index (χ2n) is 5.90. The number of urea groups is 1. The predicted octanol–water partition coefficient (Wildman–Crippen LogP) is 3.51. The number of hydrogen-bond acceptors (Lipinski definition) is 4. The monoisotopic (exact) mass is 369 g/mol. The summed E-state index contributed by atoms with van der Waals surface area (Å²) >= 11 is 1.63. The number of carbonyl (C=O) groups is 1. The summed E-state index contributed by atoms with van der Waals surface area (Å²) in [5, 5.41) is 15.9. The summed E-state index contributed by atoms with van der Waals surface area (Å²) in [5.41, 5.74) is 2.35. The lowest BCUT2D eigenvalue weighted by Gasteiger charge is -2.19. The minimum atomic E-state index is -0.228. The Kier molecular flexibility index (Phi) is 6.01. The van der Waals surface area contributed by atoms with Gasteiger partial charge in [-0.15, -0.1) is 21.5 Å². The van der Waals surface area contributed by atoms with Crippen LogP contribution in [0, 0.1) is 0 Å². The van der Waals surface area contributed by atoms with Crippen molar-refractivity contribution in [1.29, 1.82) is 0 Å². The van der Waals surface area contributed by atoms with E-state index in [0.717, 1.165) is 29.2 Å². The van der Waals surface area contributed by atoms with Gasteiger partial charge in [0.15, 0.2) is 5.82 Å². The van der Waals surface area contributed by atoms with Gasteiger partial charge in [0.1, 0.15) is 6.33 Å². The quantitative estimate of drug-likeness (QED) is 0.669. The van der Waals surface area contributed by atoms with Crippen LogP contribution in [-0.4, -0.2) is 20.8 Å². The van der Waals surface area contributed by atoms with Crippen molar-refractivity contribution in [2.75, 3.05) is 0 Å². The maximum Gasteiger partial charge on any atom is 0.315 e. The third-order valence-electron chi connectivity index (χ3n) is 4.27. The van der Waals surface area contributed by atoms with E-state index in [-0.39, 0.29) is 12.1 Å². The van der Waals surface area contributed by atoms with E-state index in [1.54, 1.807) is 17.7 Å². The van der Waals surface area contributed by atoms with Crippen LogP contribution in [-0.2, 0) is 19.5 Å². The molecule has 7 heteroatoms. The number of hydrogen-bond donors (Lipinski definition) is 2. The number of nitrogens with zero attached hydrogens (tertiary/aromatic N) is 3. The minimum Gasteiger partial charge on any atom is -0.331 e. The summed E-state index contributed by atoms with van der Waals surface area (Å²) in [6.45, 7) is 5.26. The SMILES string of the molecule is CCc1ccc([C@@H](NC(=O)NCc2nncn2CC)c2cccs2)cc1. The molecule has 2 N–H and O–H groups in total. The number of rotatable bonds is 7. The van der Waals surface area contributed by atoms with E-state index in [4.69, 9.17) is 0 Å². The summed E-state index contributed by atoms with van der Waals surface area (Å²) in [6, 6.07) is 12.0.